The average Bonchev–Trinajstić information content (AvgIpc) is 3.07. The van der Waals surface area contributed by atoms with E-state index >= 15 is 0 Å². The Labute approximate surface area is 160 Å². The van der Waals surface area contributed by atoms with Crippen LogP contribution in [0.15, 0.2) is 24.3 Å². The first kappa shape index (κ1) is 18.9. The molecule has 0 aliphatic carbocycles. The molecule has 8 heteroatoms. The maximum Gasteiger partial charge on any atom is 0.231 e. The summed E-state index contributed by atoms with van der Waals surface area (Å²) in [6.07, 6.45) is 1.57. The predicted molar refractivity (Wildman–Crippen MR) is 109 cm³/mol. The summed E-state index contributed by atoms with van der Waals surface area (Å²) in [6.45, 7) is 2.86. The highest BCUT2D eigenvalue weighted by molar-refractivity contribution is 5.95. The molecule has 1 saturated heterocycles. The number of amides is 1. The number of hydrogen-bond donors (Lipinski definition) is 1. The van der Waals surface area contributed by atoms with Crippen LogP contribution < -0.4 is 20.0 Å². The topological polar surface area (TPSA) is 77.5 Å². The molecule has 0 bridgehead atoms. The third kappa shape index (κ3) is 4.27. The third-order valence-corrected chi connectivity index (χ3v) is 4.54. The summed E-state index contributed by atoms with van der Waals surface area (Å²) < 4.78 is 0. The first-order valence-electron chi connectivity index (χ1n) is 9.12. The highest BCUT2D eigenvalue weighted by Gasteiger charge is 2.21. The van der Waals surface area contributed by atoms with Crippen molar-refractivity contribution in [3.05, 3.63) is 29.8 Å². The summed E-state index contributed by atoms with van der Waals surface area (Å²) in [6, 6.07) is 8.10. The second kappa shape index (κ2) is 7.77. The first-order valence-corrected chi connectivity index (χ1v) is 9.12. The Bertz CT molecular complexity index is 778. The summed E-state index contributed by atoms with van der Waals surface area (Å²) in [5, 5.41) is 3.35. The van der Waals surface area contributed by atoms with E-state index in [1.807, 2.05) is 67.2 Å². The molecule has 1 N–H and O–H groups in total. The van der Waals surface area contributed by atoms with Gasteiger partial charge in [0.15, 0.2) is 0 Å². The van der Waals surface area contributed by atoms with E-state index < -0.39 is 0 Å². The van der Waals surface area contributed by atoms with Crippen LogP contribution in [0.3, 0.4) is 0 Å². The number of benzene rings is 1. The van der Waals surface area contributed by atoms with Crippen LogP contribution in [0.25, 0.3) is 0 Å². The van der Waals surface area contributed by atoms with Crippen LogP contribution in [0, 0.1) is 0 Å². The predicted octanol–water partition coefficient (Wildman–Crippen LogP) is 2.30. The molecular formula is C19H27N7O. The van der Waals surface area contributed by atoms with E-state index in [9.17, 15) is 4.79 Å². The fourth-order valence-electron chi connectivity index (χ4n) is 2.96. The van der Waals surface area contributed by atoms with Gasteiger partial charge >= 0.3 is 0 Å². The number of aromatic nitrogens is 3. The van der Waals surface area contributed by atoms with Gasteiger partial charge in [-0.2, -0.15) is 15.0 Å². The average molecular weight is 369 g/mol. The van der Waals surface area contributed by atoms with Gasteiger partial charge in [-0.15, -0.1) is 0 Å². The van der Waals surface area contributed by atoms with Gasteiger partial charge in [-0.1, -0.05) is 12.1 Å². The molecule has 1 fully saturated rings. The van der Waals surface area contributed by atoms with Crippen LogP contribution in [-0.4, -0.2) is 55.6 Å². The second-order valence-corrected chi connectivity index (χ2v) is 7.15. The van der Waals surface area contributed by atoms with Gasteiger partial charge in [0.25, 0.3) is 0 Å². The minimum atomic E-state index is 0.0146. The molecule has 1 aromatic heterocycles. The molecule has 3 rings (SSSR count). The van der Waals surface area contributed by atoms with Gasteiger partial charge in [-0.3, -0.25) is 4.79 Å². The maximum absolute atomic E-state index is 11.9. The molecular weight excluding hydrogens is 342 g/mol. The highest BCUT2D eigenvalue weighted by atomic mass is 16.2. The first-order chi connectivity index (χ1) is 12.8. The molecule has 0 radical (unpaired) electrons. The maximum atomic E-state index is 11.9. The number of rotatable bonds is 6. The van der Waals surface area contributed by atoms with Crippen LogP contribution >= 0.6 is 0 Å². The number of carbonyl (C=O) groups excluding carboxylic acids is 1. The van der Waals surface area contributed by atoms with Crippen molar-refractivity contribution >= 4 is 29.4 Å². The fourth-order valence-corrected chi connectivity index (χ4v) is 2.96. The Hall–Kier alpha value is -2.90. The lowest BCUT2D eigenvalue weighted by atomic mass is 10.1. The Balaban J connectivity index is 1.76. The minimum Gasteiger partial charge on any atom is -0.348 e. The van der Waals surface area contributed by atoms with Crippen LogP contribution in [-0.2, 0) is 4.79 Å². The highest BCUT2D eigenvalue weighted by Crippen LogP contribution is 2.25. The number of nitrogens with one attached hydrogen (secondary N) is 1. The lowest BCUT2D eigenvalue weighted by Gasteiger charge is -2.20. The Morgan fingerprint density at radius 3 is 2.07 bits per heavy atom. The summed E-state index contributed by atoms with van der Waals surface area (Å²) in [7, 11) is 7.61. The van der Waals surface area contributed by atoms with E-state index in [4.69, 9.17) is 0 Å². The van der Waals surface area contributed by atoms with E-state index in [2.05, 4.69) is 27.2 Å². The van der Waals surface area contributed by atoms with Crippen molar-refractivity contribution in [3.63, 3.8) is 0 Å². The van der Waals surface area contributed by atoms with Gasteiger partial charge in [0.2, 0.25) is 23.8 Å². The standard InChI is InChI=1S/C19H27N7O/c1-13(14-8-10-15(11-9-14)26-12-6-7-16(26)27)20-17-21-18(24(2)3)23-19(22-17)25(4)5/h8-11,13H,6-7,12H2,1-5H3,(H,20,21,22,23). The second-order valence-electron chi connectivity index (χ2n) is 7.15. The van der Waals surface area contributed by atoms with Crippen molar-refractivity contribution in [3.8, 4) is 0 Å². The van der Waals surface area contributed by atoms with Gasteiger partial charge in [-0.05, 0) is 31.0 Å². The number of nitrogens with zero attached hydrogens (tertiary/aromatic N) is 6. The van der Waals surface area contributed by atoms with Crippen LogP contribution in [0.5, 0.6) is 0 Å². The molecule has 1 amide bonds. The van der Waals surface area contributed by atoms with Crippen molar-refractivity contribution < 1.29 is 4.79 Å². The number of carbonyl (C=O) groups is 1. The summed E-state index contributed by atoms with van der Waals surface area (Å²) in [5.41, 5.74) is 2.06. The Morgan fingerprint density at radius 2 is 1.59 bits per heavy atom. The zero-order valence-electron chi connectivity index (χ0n) is 16.6. The van der Waals surface area contributed by atoms with Crippen LogP contribution in [0.1, 0.15) is 31.4 Å². The molecule has 2 aromatic rings. The van der Waals surface area contributed by atoms with Crippen molar-refractivity contribution in [2.45, 2.75) is 25.8 Å². The molecule has 1 unspecified atom stereocenters. The minimum absolute atomic E-state index is 0.0146. The molecule has 8 nitrogen and oxygen atoms in total. The fraction of sp³-hybridized carbons (Fsp3) is 0.474. The Morgan fingerprint density at radius 1 is 1.00 bits per heavy atom. The van der Waals surface area contributed by atoms with E-state index in [-0.39, 0.29) is 11.9 Å². The van der Waals surface area contributed by atoms with E-state index in [0.717, 1.165) is 24.2 Å². The molecule has 144 valence electrons. The monoisotopic (exact) mass is 369 g/mol. The molecule has 27 heavy (non-hydrogen) atoms. The van der Waals surface area contributed by atoms with Crippen molar-refractivity contribution in [1.29, 1.82) is 0 Å². The van der Waals surface area contributed by atoms with Gasteiger partial charge < -0.3 is 20.0 Å². The zero-order chi connectivity index (χ0) is 19.6. The molecule has 1 atom stereocenters. The number of hydrogen-bond acceptors (Lipinski definition) is 7. The van der Waals surface area contributed by atoms with E-state index in [0.29, 0.717) is 24.3 Å². The zero-order valence-corrected chi connectivity index (χ0v) is 16.6. The third-order valence-electron chi connectivity index (χ3n) is 4.54. The van der Waals surface area contributed by atoms with E-state index in [1.165, 1.54) is 0 Å². The van der Waals surface area contributed by atoms with Gasteiger partial charge in [0.05, 0.1) is 6.04 Å². The smallest absolute Gasteiger partial charge is 0.231 e. The molecule has 2 heterocycles. The molecule has 0 spiro atoms. The van der Waals surface area contributed by atoms with Crippen LogP contribution in [0.2, 0.25) is 0 Å². The van der Waals surface area contributed by atoms with Crippen molar-refractivity contribution in [2.24, 2.45) is 0 Å². The van der Waals surface area contributed by atoms with Gasteiger partial charge in [0, 0.05) is 46.8 Å². The van der Waals surface area contributed by atoms with Gasteiger partial charge in [0.1, 0.15) is 0 Å². The lowest BCUT2D eigenvalue weighted by molar-refractivity contribution is -0.117. The number of anilines is 4. The molecule has 0 saturated carbocycles. The van der Waals surface area contributed by atoms with Crippen LogP contribution in [0.4, 0.5) is 23.5 Å². The normalized spacial score (nSPS) is 15.0. The molecule has 1 aliphatic heterocycles. The summed E-state index contributed by atoms with van der Waals surface area (Å²) >= 11 is 0. The van der Waals surface area contributed by atoms with E-state index in [1.54, 1.807) is 0 Å². The molecule has 1 aromatic carbocycles. The van der Waals surface area contributed by atoms with Crippen molar-refractivity contribution in [2.75, 3.05) is 54.8 Å². The Kier molecular flexibility index (Phi) is 5.43. The SMILES string of the molecule is CC(Nc1nc(N(C)C)nc(N(C)C)n1)c1ccc(N2CCCC2=O)cc1. The molecule has 1 aliphatic rings. The largest absolute Gasteiger partial charge is 0.348 e. The van der Waals surface area contributed by atoms with Crippen molar-refractivity contribution in [1.82, 2.24) is 15.0 Å². The lowest BCUT2D eigenvalue weighted by Crippen LogP contribution is -2.23. The van der Waals surface area contributed by atoms with Gasteiger partial charge in [-0.25, -0.2) is 0 Å². The summed E-state index contributed by atoms with van der Waals surface area (Å²) in [4.78, 5) is 30.8. The quantitative estimate of drug-likeness (QED) is 0.837. The summed E-state index contributed by atoms with van der Waals surface area (Å²) in [5.74, 6) is 1.94.